The summed E-state index contributed by atoms with van der Waals surface area (Å²) in [5.74, 6) is 0. The van der Waals surface area contributed by atoms with E-state index in [2.05, 4.69) is 10.5 Å². The van der Waals surface area contributed by atoms with Gasteiger partial charge >= 0.3 is 6.09 Å². The summed E-state index contributed by atoms with van der Waals surface area (Å²) in [6.07, 6.45) is 0.986. The molecule has 19 heavy (non-hydrogen) atoms. The van der Waals surface area contributed by atoms with Crippen LogP contribution in [-0.4, -0.2) is 12.3 Å². The Morgan fingerprint density at radius 3 is 2.37 bits per heavy atom. The molecule has 4 nitrogen and oxygen atoms in total. The normalized spacial score (nSPS) is 10.3. The number of carbonyl (C=O) groups excluding carboxylic acids is 1. The van der Waals surface area contributed by atoms with Crippen molar-refractivity contribution in [1.82, 2.24) is 5.43 Å². The van der Waals surface area contributed by atoms with Crippen LogP contribution in [0.15, 0.2) is 65.8 Å². The molecule has 4 heteroatoms. The van der Waals surface area contributed by atoms with Gasteiger partial charge in [0.2, 0.25) is 0 Å². The zero-order valence-corrected chi connectivity index (χ0v) is 10.3. The van der Waals surface area contributed by atoms with Gasteiger partial charge in [-0.2, -0.15) is 5.10 Å². The molecular weight excluding hydrogens is 240 g/mol. The van der Waals surface area contributed by atoms with Gasteiger partial charge in [0.1, 0.15) is 6.61 Å². The summed E-state index contributed by atoms with van der Waals surface area (Å²) in [5.41, 5.74) is 4.15. The maximum absolute atomic E-state index is 11.4. The Balaban J connectivity index is 1.75. The van der Waals surface area contributed by atoms with Gasteiger partial charge in [0, 0.05) is 0 Å². The van der Waals surface area contributed by atoms with Crippen LogP contribution < -0.4 is 5.43 Å². The molecule has 2 aromatic rings. The fourth-order valence-electron chi connectivity index (χ4n) is 1.45. The lowest BCUT2D eigenvalue weighted by Crippen LogP contribution is -2.18. The molecule has 0 aliphatic rings. The number of carbonyl (C=O) groups is 1. The van der Waals surface area contributed by atoms with Crippen molar-refractivity contribution >= 4 is 12.3 Å². The summed E-state index contributed by atoms with van der Waals surface area (Å²) in [5, 5.41) is 3.80. The van der Waals surface area contributed by atoms with Crippen molar-refractivity contribution in [3.05, 3.63) is 71.8 Å². The lowest BCUT2D eigenvalue weighted by atomic mass is 10.2. The Bertz CT molecular complexity index is 539. The van der Waals surface area contributed by atoms with E-state index in [0.717, 1.165) is 11.1 Å². The van der Waals surface area contributed by atoms with E-state index in [4.69, 9.17) is 4.74 Å². The molecule has 0 unspecified atom stereocenters. The van der Waals surface area contributed by atoms with Crippen molar-refractivity contribution in [2.45, 2.75) is 6.61 Å². The van der Waals surface area contributed by atoms with Crippen LogP contribution in [0.1, 0.15) is 11.1 Å². The van der Waals surface area contributed by atoms with Gasteiger partial charge in [0.15, 0.2) is 0 Å². The van der Waals surface area contributed by atoms with E-state index < -0.39 is 6.09 Å². The minimum absolute atomic E-state index is 0.230. The predicted octanol–water partition coefficient (Wildman–Crippen LogP) is 2.95. The number of hydrogen-bond donors (Lipinski definition) is 1. The zero-order valence-electron chi connectivity index (χ0n) is 10.3. The maximum Gasteiger partial charge on any atom is 0.428 e. The summed E-state index contributed by atoms with van der Waals surface area (Å²) < 4.78 is 5.00. The molecule has 0 aromatic heterocycles. The molecule has 1 N–H and O–H groups in total. The number of nitrogens with zero attached hydrogens (tertiary/aromatic N) is 1. The molecule has 0 radical (unpaired) electrons. The quantitative estimate of drug-likeness (QED) is 0.673. The number of amides is 1. The van der Waals surface area contributed by atoms with Crippen LogP contribution in [0.25, 0.3) is 0 Å². The summed E-state index contributed by atoms with van der Waals surface area (Å²) in [4.78, 5) is 11.4. The highest BCUT2D eigenvalue weighted by Crippen LogP contribution is 2.00. The molecule has 0 aliphatic heterocycles. The van der Waals surface area contributed by atoms with E-state index in [1.807, 2.05) is 60.7 Å². The second kappa shape index (κ2) is 6.96. The summed E-state index contributed by atoms with van der Waals surface area (Å²) in [7, 11) is 0. The lowest BCUT2D eigenvalue weighted by Gasteiger charge is -2.03. The van der Waals surface area contributed by atoms with Gasteiger partial charge in [-0.1, -0.05) is 60.7 Å². The van der Waals surface area contributed by atoms with Crippen LogP contribution in [0.5, 0.6) is 0 Å². The van der Waals surface area contributed by atoms with Crippen LogP contribution in [0.3, 0.4) is 0 Å². The van der Waals surface area contributed by atoms with Gasteiger partial charge in [0.25, 0.3) is 0 Å². The molecule has 0 spiro atoms. The Morgan fingerprint density at radius 1 is 1.05 bits per heavy atom. The topological polar surface area (TPSA) is 50.7 Å². The second-order valence-electron chi connectivity index (χ2n) is 3.84. The van der Waals surface area contributed by atoms with Crippen molar-refractivity contribution in [2.75, 3.05) is 0 Å². The van der Waals surface area contributed by atoms with Gasteiger partial charge in [-0.3, -0.25) is 0 Å². The van der Waals surface area contributed by atoms with E-state index in [1.54, 1.807) is 6.21 Å². The molecule has 0 saturated carbocycles. The zero-order chi connectivity index (χ0) is 13.3. The Kier molecular flexibility index (Phi) is 4.70. The highest BCUT2D eigenvalue weighted by Gasteiger charge is 1.99. The van der Waals surface area contributed by atoms with Crippen molar-refractivity contribution in [3.8, 4) is 0 Å². The van der Waals surface area contributed by atoms with Gasteiger partial charge in [-0.15, -0.1) is 0 Å². The van der Waals surface area contributed by atoms with Gasteiger partial charge in [0.05, 0.1) is 6.21 Å². The standard InChI is InChI=1S/C15H14N2O2/c18-15(19-12-14-9-5-2-6-10-14)17-16-11-13-7-3-1-4-8-13/h1-11H,12H2,(H,17,18)/b16-11+. The third-order valence-corrected chi connectivity index (χ3v) is 2.38. The monoisotopic (exact) mass is 254 g/mol. The lowest BCUT2D eigenvalue weighted by molar-refractivity contribution is 0.140. The number of hydrogen-bond acceptors (Lipinski definition) is 3. The Morgan fingerprint density at radius 2 is 1.68 bits per heavy atom. The molecule has 0 fully saturated rings. The molecule has 96 valence electrons. The summed E-state index contributed by atoms with van der Waals surface area (Å²) >= 11 is 0. The van der Waals surface area contributed by atoms with E-state index in [1.165, 1.54) is 0 Å². The van der Waals surface area contributed by atoms with Gasteiger partial charge in [-0.05, 0) is 11.1 Å². The van der Waals surface area contributed by atoms with Crippen LogP contribution in [0.2, 0.25) is 0 Å². The van der Waals surface area contributed by atoms with Crippen LogP contribution in [0, 0.1) is 0 Å². The fourth-order valence-corrected chi connectivity index (χ4v) is 1.45. The smallest absolute Gasteiger partial charge is 0.428 e. The fraction of sp³-hybridized carbons (Fsp3) is 0.0667. The van der Waals surface area contributed by atoms with Crippen LogP contribution >= 0.6 is 0 Å². The molecule has 0 aliphatic carbocycles. The molecular formula is C15H14N2O2. The van der Waals surface area contributed by atoms with E-state index in [-0.39, 0.29) is 6.61 Å². The number of nitrogens with one attached hydrogen (secondary N) is 1. The van der Waals surface area contributed by atoms with Gasteiger partial charge < -0.3 is 4.74 Å². The number of ether oxygens (including phenoxy) is 1. The third kappa shape index (κ3) is 4.63. The summed E-state index contributed by atoms with van der Waals surface area (Å²) in [6, 6.07) is 19.0. The average Bonchev–Trinajstić information content (AvgIpc) is 2.47. The summed E-state index contributed by atoms with van der Waals surface area (Å²) in [6.45, 7) is 0.230. The first-order valence-corrected chi connectivity index (χ1v) is 5.89. The second-order valence-corrected chi connectivity index (χ2v) is 3.84. The molecule has 0 bridgehead atoms. The first kappa shape index (κ1) is 12.8. The van der Waals surface area contributed by atoms with Gasteiger partial charge in [-0.25, -0.2) is 10.2 Å². The van der Waals surface area contributed by atoms with Crippen molar-refractivity contribution in [3.63, 3.8) is 0 Å². The largest absolute Gasteiger partial charge is 0.443 e. The minimum atomic E-state index is -0.573. The van der Waals surface area contributed by atoms with Crippen LogP contribution in [0.4, 0.5) is 4.79 Å². The van der Waals surface area contributed by atoms with Crippen molar-refractivity contribution < 1.29 is 9.53 Å². The molecule has 1 amide bonds. The first-order chi connectivity index (χ1) is 9.34. The number of rotatable bonds is 4. The van der Waals surface area contributed by atoms with Crippen LogP contribution in [-0.2, 0) is 11.3 Å². The molecule has 0 atom stereocenters. The number of hydrazone groups is 1. The Labute approximate surface area is 111 Å². The predicted molar refractivity (Wildman–Crippen MR) is 73.8 cm³/mol. The average molecular weight is 254 g/mol. The first-order valence-electron chi connectivity index (χ1n) is 5.89. The number of benzene rings is 2. The Hall–Kier alpha value is -2.62. The minimum Gasteiger partial charge on any atom is -0.443 e. The third-order valence-electron chi connectivity index (χ3n) is 2.38. The van der Waals surface area contributed by atoms with E-state index in [9.17, 15) is 4.79 Å². The maximum atomic E-state index is 11.4. The molecule has 2 rings (SSSR count). The van der Waals surface area contributed by atoms with E-state index >= 15 is 0 Å². The highest BCUT2D eigenvalue weighted by atomic mass is 16.5. The van der Waals surface area contributed by atoms with Crippen molar-refractivity contribution in [1.29, 1.82) is 0 Å². The highest BCUT2D eigenvalue weighted by molar-refractivity contribution is 5.80. The SMILES string of the molecule is O=C(N/N=C/c1ccccc1)OCc1ccccc1. The molecule has 2 aromatic carbocycles. The molecule has 0 heterocycles. The molecule has 0 saturated heterocycles. The van der Waals surface area contributed by atoms with Crippen molar-refractivity contribution in [2.24, 2.45) is 5.10 Å². The van der Waals surface area contributed by atoms with E-state index in [0.29, 0.717) is 0 Å².